The second kappa shape index (κ2) is 5.80. The minimum Gasteiger partial charge on any atom is -0.485 e. The van der Waals surface area contributed by atoms with Crippen LogP contribution in [0.1, 0.15) is 10.6 Å². The Kier molecular flexibility index (Phi) is 4.37. The van der Waals surface area contributed by atoms with Crippen LogP contribution in [0.5, 0.6) is 5.75 Å². The molecule has 0 aliphatic rings. The van der Waals surface area contributed by atoms with E-state index in [9.17, 15) is 0 Å². The highest BCUT2D eigenvalue weighted by Gasteiger charge is 2.07. The lowest BCUT2D eigenvalue weighted by Gasteiger charge is -2.10. The Morgan fingerprint density at radius 1 is 1.38 bits per heavy atom. The zero-order valence-electron chi connectivity index (χ0n) is 8.32. The van der Waals surface area contributed by atoms with Crippen LogP contribution < -0.4 is 4.74 Å². The van der Waals surface area contributed by atoms with Gasteiger partial charge in [0.05, 0.1) is 4.47 Å². The molecule has 0 aliphatic carbocycles. The quantitative estimate of drug-likeness (QED) is 0.753. The number of rotatable bonds is 4. The summed E-state index contributed by atoms with van der Waals surface area (Å²) in [6.07, 6.45) is 1.79. The molecule has 0 N–H and O–H groups in total. The van der Waals surface area contributed by atoms with Crippen molar-refractivity contribution in [3.63, 3.8) is 0 Å². The van der Waals surface area contributed by atoms with Gasteiger partial charge in [-0.05, 0) is 22.0 Å². The third-order valence-corrected chi connectivity index (χ3v) is 4.00. The molecule has 2 aromatic rings. The molecule has 0 unspecified atom stereocenters. The first-order valence-corrected chi connectivity index (χ1v) is 7.45. The molecule has 16 heavy (non-hydrogen) atoms. The SMILES string of the molecule is BrCc1cccc(Br)c1OCc1nccs1. The lowest BCUT2D eigenvalue weighted by atomic mass is 10.2. The first-order chi connectivity index (χ1) is 7.81. The van der Waals surface area contributed by atoms with Crippen molar-refractivity contribution in [1.82, 2.24) is 4.98 Å². The molecule has 1 heterocycles. The minimum atomic E-state index is 0.514. The van der Waals surface area contributed by atoms with E-state index in [1.165, 1.54) is 0 Å². The molecule has 1 aromatic carbocycles. The van der Waals surface area contributed by atoms with Gasteiger partial charge in [-0.25, -0.2) is 4.98 Å². The molecule has 2 nitrogen and oxygen atoms in total. The normalized spacial score (nSPS) is 10.4. The van der Waals surface area contributed by atoms with Crippen molar-refractivity contribution in [2.24, 2.45) is 0 Å². The van der Waals surface area contributed by atoms with Crippen molar-refractivity contribution in [1.29, 1.82) is 0 Å². The molecule has 1 aromatic heterocycles. The standard InChI is InChI=1S/C11H9Br2NOS/c12-6-8-2-1-3-9(13)11(8)15-7-10-14-4-5-16-10/h1-5H,6-7H2. The molecular weight excluding hydrogens is 354 g/mol. The summed E-state index contributed by atoms with van der Waals surface area (Å²) in [5.41, 5.74) is 1.13. The van der Waals surface area contributed by atoms with Crippen LogP contribution in [0.4, 0.5) is 0 Å². The van der Waals surface area contributed by atoms with Crippen LogP contribution >= 0.6 is 43.2 Å². The zero-order valence-corrected chi connectivity index (χ0v) is 12.3. The number of thiazole rings is 1. The highest BCUT2D eigenvalue weighted by Crippen LogP contribution is 2.31. The molecule has 0 fully saturated rings. The first-order valence-electron chi connectivity index (χ1n) is 4.66. The maximum absolute atomic E-state index is 5.77. The number of nitrogens with zero attached hydrogens (tertiary/aromatic N) is 1. The predicted molar refractivity (Wildman–Crippen MR) is 73.2 cm³/mol. The average Bonchev–Trinajstić information content (AvgIpc) is 2.80. The maximum Gasteiger partial charge on any atom is 0.140 e. The van der Waals surface area contributed by atoms with E-state index in [2.05, 4.69) is 36.8 Å². The maximum atomic E-state index is 5.77. The summed E-state index contributed by atoms with van der Waals surface area (Å²) in [6, 6.07) is 6.01. The van der Waals surface area contributed by atoms with Crippen molar-refractivity contribution in [2.45, 2.75) is 11.9 Å². The molecular formula is C11H9Br2NOS. The summed E-state index contributed by atoms with van der Waals surface area (Å²) in [5.74, 6) is 0.884. The van der Waals surface area contributed by atoms with Crippen LogP contribution in [-0.2, 0) is 11.9 Å². The van der Waals surface area contributed by atoms with Crippen molar-refractivity contribution < 1.29 is 4.74 Å². The Hall–Kier alpha value is -0.390. The van der Waals surface area contributed by atoms with E-state index in [1.54, 1.807) is 17.5 Å². The smallest absolute Gasteiger partial charge is 0.140 e. The number of hydrogen-bond donors (Lipinski definition) is 0. The van der Waals surface area contributed by atoms with Crippen molar-refractivity contribution in [3.05, 3.63) is 44.8 Å². The van der Waals surface area contributed by atoms with Crippen molar-refractivity contribution in [2.75, 3.05) is 0 Å². The van der Waals surface area contributed by atoms with Crippen LogP contribution in [-0.4, -0.2) is 4.98 Å². The number of hydrogen-bond acceptors (Lipinski definition) is 3. The van der Waals surface area contributed by atoms with Crippen molar-refractivity contribution in [3.8, 4) is 5.75 Å². The summed E-state index contributed by atoms with van der Waals surface area (Å²) in [5, 5.41) is 3.71. The first kappa shape index (κ1) is 12.1. The largest absolute Gasteiger partial charge is 0.485 e. The fourth-order valence-corrected chi connectivity index (χ4v) is 2.77. The van der Waals surface area contributed by atoms with Crippen LogP contribution in [0.3, 0.4) is 0 Å². The molecule has 0 radical (unpaired) electrons. The number of alkyl halides is 1. The van der Waals surface area contributed by atoms with Crippen LogP contribution in [0.25, 0.3) is 0 Å². The monoisotopic (exact) mass is 361 g/mol. The molecule has 5 heteroatoms. The van der Waals surface area contributed by atoms with Gasteiger partial charge in [0, 0.05) is 22.5 Å². The number of benzene rings is 1. The summed E-state index contributed by atoms with van der Waals surface area (Å²) >= 11 is 8.54. The fourth-order valence-electron chi connectivity index (χ4n) is 1.28. The third kappa shape index (κ3) is 2.84. The minimum absolute atomic E-state index is 0.514. The Balaban J connectivity index is 2.14. The molecule has 2 rings (SSSR count). The molecule has 0 amide bonds. The average molecular weight is 363 g/mol. The molecule has 0 saturated carbocycles. The van der Waals surface area contributed by atoms with Gasteiger partial charge in [0.25, 0.3) is 0 Å². The lowest BCUT2D eigenvalue weighted by Crippen LogP contribution is -1.98. The van der Waals surface area contributed by atoms with Gasteiger partial charge >= 0.3 is 0 Å². The Morgan fingerprint density at radius 3 is 2.94 bits per heavy atom. The molecule has 0 aliphatic heterocycles. The van der Waals surface area contributed by atoms with Gasteiger partial charge in [0.1, 0.15) is 17.4 Å². The van der Waals surface area contributed by atoms with Gasteiger partial charge in [-0.15, -0.1) is 11.3 Å². The summed E-state index contributed by atoms with van der Waals surface area (Å²) in [6.45, 7) is 0.514. The fraction of sp³-hybridized carbons (Fsp3) is 0.182. The number of ether oxygens (including phenoxy) is 1. The highest BCUT2D eigenvalue weighted by molar-refractivity contribution is 9.10. The van der Waals surface area contributed by atoms with E-state index in [4.69, 9.17) is 4.74 Å². The van der Waals surface area contributed by atoms with Gasteiger partial charge in [0.15, 0.2) is 0 Å². The Labute approximate surface area is 115 Å². The van der Waals surface area contributed by atoms with E-state index in [1.807, 2.05) is 23.6 Å². The summed E-state index contributed by atoms with van der Waals surface area (Å²) in [7, 11) is 0. The van der Waals surface area contributed by atoms with E-state index in [0.717, 1.165) is 26.1 Å². The van der Waals surface area contributed by atoms with Gasteiger partial charge in [0.2, 0.25) is 0 Å². The van der Waals surface area contributed by atoms with E-state index >= 15 is 0 Å². The van der Waals surface area contributed by atoms with Gasteiger partial charge in [-0.1, -0.05) is 28.1 Å². The van der Waals surface area contributed by atoms with Gasteiger partial charge < -0.3 is 4.74 Å². The highest BCUT2D eigenvalue weighted by atomic mass is 79.9. The molecule has 0 saturated heterocycles. The number of halogens is 2. The number of para-hydroxylation sites is 1. The molecule has 84 valence electrons. The van der Waals surface area contributed by atoms with Gasteiger partial charge in [-0.2, -0.15) is 0 Å². The summed E-state index contributed by atoms with van der Waals surface area (Å²) in [4.78, 5) is 4.18. The van der Waals surface area contributed by atoms with Gasteiger partial charge in [-0.3, -0.25) is 0 Å². The topological polar surface area (TPSA) is 22.1 Å². The van der Waals surface area contributed by atoms with Crippen molar-refractivity contribution >= 4 is 43.2 Å². The van der Waals surface area contributed by atoms with Crippen LogP contribution in [0.2, 0.25) is 0 Å². The predicted octanol–water partition coefficient (Wildman–Crippen LogP) is 4.38. The Morgan fingerprint density at radius 2 is 2.25 bits per heavy atom. The molecule has 0 bridgehead atoms. The number of aromatic nitrogens is 1. The van der Waals surface area contributed by atoms with Crippen LogP contribution in [0, 0.1) is 0 Å². The van der Waals surface area contributed by atoms with E-state index in [-0.39, 0.29) is 0 Å². The van der Waals surface area contributed by atoms with Crippen LogP contribution in [0.15, 0.2) is 34.2 Å². The second-order valence-corrected chi connectivity index (χ2v) is 5.47. The zero-order chi connectivity index (χ0) is 11.4. The van der Waals surface area contributed by atoms with E-state index < -0.39 is 0 Å². The second-order valence-electron chi connectivity index (χ2n) is 3.08. The molecule has 0 spiro atoms. The van der Waals surface area contributed by atoms with E-state index in [0.29, 0.717) is 6.61 Å². The lowest BCUT2D eigenvalue weighted by molar-refractivity contribution is 0.301. The summed E-state index contributed by atoms with van der Waals surface area (Å²) < 4.78 is 6.75. The Bertz CT molecular complexity index is 459. The third-order valence-electron chi connectivity index (χ3n) is 2.02. The molecule has 0 atom stereocenters.